The van der Waals surface area contributed by atoms with Crippen molar-refractivity contribution in [3.05, 3.63) is 24.3 Å². The fourth-order valence-corrected chi connectivity index (χ4v) is 4.51. The molecule has 0 atom stereocenters. The predicted octanol–water partition coefficient (Wildman–Crippen LogP) is 5.99. The summed E-state index contributed by atoms with van der Waals surface area (Å²) in [5, 5.41) is 0. The lowest BCUT2D eigenvalue weighted by Crippen LogP contribution is -2.18. The van der Waals surface area contributed by atoms with Gasteiger partial charge in [-0.05, 0) is 36.9 Å². The van der Waals surface area contributed by atoms with E-state index >= 15 is 0 Å². The van der Waals surface area contributed by atoms with E-state index < -0.39 is 0 Å². The maximum absolute atomic E-state index is 4.75. The van der Waals surface area contributed by atoms with Crippen LogP contribution >= 0.6 is 23.3 Å². The molecule has 1 heterocycles. The van der Waals surface area contributed by atoms with Crippen LogP contribution in [0.15, 0.2) is 28.6 Å². The molecule has 21 heavy (non-hydrogen) atoms. The van der Waals surface area contributed by atoms with E-state index in [1.807, 2.05) is 23.3 Å². The number of fused-ring (bicyclic) bond motifs is 1. The molecule has 2 aromatic rings. The summed E-state index contributed by atoms with van der Waals surface area (Å²) in [6.07, 6.45) is 7.81. The number of thiazole rings is 1. The molecule has 0 amide bonds. The molecule has 0 saturated carbocycles. The Morgan fingerprint density at radius 3 is 2.29 bits per heavy atom. The van der Waals surface area contributed by atoms with Crippen molar-refractivity contribution in [2.75, 3.05) is 13.1 Å². The van der Waals surface area contributed by atoms with E-state index in [0.29, 0.717) is 0 Å². The minimum Gasteiger partial charge on any atom is -0.244 e. The van der Waals surface area contributed by atoms with Crippen molar-refractivity contribution in [3.63, 3.8) is 0 Å². The summed E-state index contributed by atoms with van der Waals surface area (Å²) in [7, 11) is 0. The molecule has 2 nitrogen and oxygen atoms in total. The fraction of sp³-hybridized carbons (Fsp3) is 0.588. The van der Waals surface area contributed by atoms with Gasteiger partial charge in [0.2, 0.25) is 0 Å². The number of nitrogens with zero attached hydrogens (tertiary/aromatic N) is 2. The average molecular weight is 323 g/mol. The van der Waals surface area contributed by atoms with E-state index in [4.69, 9.17) is 4.98 Å². The summed E-state index contributed by atoms with van der Waals surface area (Å²) in [5.74, 6) is 0. The molecule has 0 N–H and O–H groups in total. The molecular weight excluding hydrogens is 296 g/mol. The van der Waals surface area contributed by atoms with Gasteiger partial charge in [-0.25, -0.2) is 9.29 Å². The summed E-state index contributed by atoms with van der Waals surface area (Å²) >= 11 is 3.67. The molecular formula is C17H26N2S2. The Balaban J connectivity index is 1.94. The minimum absolute atomic E-state index is 1.13. The van der Waals surface area contributed by atoms with Gasteiger partial charge < -0.3 is 0 Å². The zero-order valence-corrected chi connectivity index (χ0v) is 14.8. The zero-order valence-electron chi connectivity index (χ0n) is 13.2. The van der Waals surface area contributed by atoms with Crippen molar-refractivity contribution in [2.45, 2.75) is 56.7 Å². The maximum Gasteiger partial charge on any atom is 0.166 e. The van der Waals surface area contributed by atoms with E-state index in [1.54, 1.807) is 0 Å². The number of benzene rings is 1. The van der Waals surface area contributed by atoms with Crippen molar-refractivity contribution in [1.29, 1.82) is 0 Å². The molecule has 0 unspecified atom stereocenters. The highest BCUT2D eigenvalue weighted by Gasteiger charge is 2.10. The number of rotatable bonds is 10. The highest BCUT2D eigenvalue weighted by molar-refractivity contribution is 7.98. The first-order valence-electron chi connectivity index (χ1n) is 8.12. The summed E-state index contributed by atoms with van der Waals surface area (Å²) in [6.45, 7) is 6.89. The van der Waals surface area contributed by atoms with Crippen LogP contribution in [0.4, 0.5) is 0 Å². The maximum atomic E-state index is 4.75. The van der Waals surface area contributed by atoms with Crippen LogP contribution in [0.2, 0.25) is 0 Å². The molecule has 0 bridgehead atoms. The minimum atomic E-state index is 1.13. The average Bonchev–Trinajstić information content (AvgIpc) is 2.89. The fourth-order valence-electron chi connectivity index (χ4n) is 2.28. The quantitative estimate of drug-likeness (QED) is 0.395. The van der Waals surface area contributed by atoms with Crippen molar-refractivity contribution >= 4 is 33.5 Å². The lowest BCUT2D eigenvalue weighted by molar-refractivity contribution is 0.433. The molecule has 0 aliphatic rings. The smallest absolute Gasteiger partial charge is 0.166 e. The topological polar surface area (TPSA) is 16.1 Å². The molecule has 0 spiro atoms. The number of para-hydroxylation sites is 1. The Morgan fingerprint density at radius 2 is 1.67 bits per heavy atom. The molecule has 2 rings (SSSR count). The summed E-state index contributed by atoms with van der Waals surface area (Å²) in [5.41, 5.74) is 1.13. The molecule has 0 aliphatic carbocycles. The third-order valence-electron chi connectivity index (χ3n) is 3.50. The van der Waals surface area contributed by atoms with E-state index in [1.165, 1.54) is 60.7 Å². The summed E-state index contributed by atoms with van der Waals surface area (Å²) in [4.78, 5) is 4.75. The van der Waals surface area contributed by atoms with Gasteiger partial charge in [0.05, 0.1) is 10.2 Å². The van der Waals surface area contributed by atoms with Crippen LogP contribution in [-0.4, -0.2) is 22.4 Å². The van der Waals surface area contributed by atoms with E-state index in [-0.39, 0.29) is 0 Å². The molecule has 116 valence electrons. The summed E-state index contributed by atoms with van der Waals surface area (Å²) < 4.78 is 4.99. The third-order valence-corrected chi connectivity index (χ3v) is 5.68. The van der Waals surface area contributed by atoms with Gasteiger partial charge >= 0.3 is 0 Å². The standard InChI is InChI=1S/C17H26N2S2/c1-3-5-9-13-19(14-10-6-4-2)21-17-18-15-11-7-8-12-16(15)20-17/h7-8,11-12H,3-6,9-10,13-14H2,1-2H3. The Bertz CT molecular complexity index is 481. The van der Waals surface area contributed by atoms with Crippen LogP contribution in [0, 0.1) is 0 Å². The van der Waals surface area contributed by atoms with Crippen LogP contribution in [0.5, 0.6) is 0 Å². The second-order valence-electron chi connectivity index (χ2n) is 5.38. The zero-order chi connectivity index (χ0) is 14.9. The molecule has 4 heteroatoms. The van der Waals surface area contributed by atoms with Crippen LogP contribution in [0.1, 0.15) is 52.4 Å². The van der Waals surface area contributed by atoms with Gasteiger partial charge in [0, 0.05) is 13.1 Å². The predicted molar refractivity (Wildman–Crippen MR) is 96.1 cm³/mol. The van der Waals surface area contributed by atoms with Gasteiger partial charge in [-0.15, -0.1) is 11.3 Å². The number of hydrogen-bond acceptors (Lipinski definition) is 4. The van der Waals surface area contributed by atoms with Crippen LogP contribution in [0.3, 0.4) is 0 Å². The summed E-state index contributed by atoms with van der Waals surface area (Å²) in [6, 6.07) is 8.43. The Labute approximate surface area is 137 Å². The molecule has 0 radical (unpaired) electrons. The normalized spacial score (nSPS) is 11.6. The van der Waals surface area contributed by atoms with Gasteiger partial charge in [-0.2, -0.15) is 0 Å². The first-order valence-corrected chi connectivity index (χ1v) is 9.71. The first-order chi connectivity index (χ1) is 10.3. The van der Waals surface area contributed by atoms with Gasteiger partial charge in [0.15, 0.2) is 4.34 Å². The number of hydrogen-bond donors (Lipinski definition) is 0. The Kier molecular flexibility index (Phi) is 7.54. The van der Waals surface area contributed by atoms with E-state index in [0.717, 1.165) is 5.52 Å². The molecule has 0 saturated heterocycles. The Hall–Kier alpha value is -0.580. The van der Waals surface area contributed by atoms with Crippen LogP contribution in [0.25, 0.3) is 10.2 Å². The van der Waals surface area contributed by atoms with Crippen molar-refractivity contribution in [2.24, 2.45) is 0 Å². The van der Waals surface area contributed by atoms with Crippen LogP contribution < -0.4 is 0 Å². The van der Waals surface area contributed by atoms with E-state index in [2.05, 4.69) is 42.4 Å². The third kappa shape index (κ3) is 5.61. The molecule has 0 aliphatic heterocycles. The largest absolute Gasteiger partial charge is 0.244 e. The molecule has 0 fully saturated rings. The number of aromatic nitrogens is 1. The second-order valence-corrected chi connectivity index (χ2v) is 7.76. The lowest BCUT2D eigenvalue weighted by atomic mass is 10.2. The number of unbranched alkanes of at least 4 members (excludes halogenated alkanes) is 4. The lowest BCUT2D eigenvalue weighted by Gasteiger charge is -2.19. The second kappa shape index (κ2) is 9.44. The highest BCUT2D eigenvalue weighted by Crippen LogP contribution is 2.31. The van der Waals surface area contributed by atoms with Gasteiger partial charge in [0.25, 0.3) is 0 Å². The highest BCUT2D eigenvalue weighted by atomic mass is 32.2. The van der Waals surface area contributed by atoms with Crippen molar-refractivity contribution in [3.8, 4) is 0 Å². The van der Waals surface area contributed by atoms with Crippen LogP contribution in [-0.2, 0) is 0 Å². The Morgan fingerprint density at radius 1 is 1.00 bits per heavy atom. The molecule has 1 aromatic carbocycles. The van der Waals surface area contributed by atoms with E-state index in [9.17, 15) is 0 Å². The van der Waals surface area contributed by atoms with Gasteiger partial charge in [0.1, 0.15) is 0 Å². The monoisotopic (exact) mass is 322 g/mol. The van der Waals surface area contributed by atoms with Gasteiger partial charge in [-0.3, -0.25) is 0 Å². The van der Waals surface area contributed by atoms with Crippen molar-refractivity contribution < 1.29 is 0 Å². The van der Waals surface area contributed by atoms with Crippen molar-refractivity contribution in [1.82, 2.24) is 9.29 Å². The first kappa shape index (κ1) is 16.8. The van der Waals surface area contributed by atoms with Gasteiger partial charge in [-0.1, -0.05) is 51.7 Å². The SMILES string of the molecule is CCCCCN(CCCCC)Sc1nc2ccccc2s1. The molecule has 1 aromatic heterocycles.